The number of carbonyl (C=O) groups is 2. The molecule has 150 valence electrons. The van der Waals surface area contributed by atoms with Gasteiger partial charge in [0.15, 0.2) is 6.10 Å². The summed E-state index contributed by atoms with van der Waals surface area (Å²) < 4.78 is 0. The van der Waals surface area contributed by atoms with Crippen LogP contribution < -0.4 is 11.0 Å². The van der Waals surface area contributed by atoms with Crippen LogP contribution in [-0.2, 0) is 11.2 Å². The van der Waals surface area contributed by atoms with Crippen molar-refractivity contribution in [1.82, 2.24) is 20.5 Å². The number of aromatic amines is 2. The van der Waals surface area contributed by atoms with E-state index in [0.29, 0.717) is 6.42 Å². The van der Waals surface area contributed by atoms with E-state index in [9.17, 15) is 19.5 Å². The van der Waals surface area contributed by atoms with Gasteiger partial charge < -0.3 is 15.5 Å². The molecular weight excluding hydrogens is 376 g/mol. The molecule has 0 saturated carbocycles. The Hall–Kier alpha value is -3.72. The summed E-state index contributed by atoms with van der Waals surface area (Å²) in [6.07, 6.45) is -1.54. The van der Waals surface area contributed by atoms with Gasteiger partial charge in [-0.3, -0.25) is 9.78 Å². The van der Waals surface area contributed by atoms with Gasteiger partial charge in [-0.2, -0.15) is 0 Å². The van der Waals surface area contributed by atoms with Crippen molar-refractivity contribution < 1.29 is 19.8 Å². The van der Waals surface area contributed by atoms with E-state index in [1.54, 1.807) is 0 Å². The molecule has 0 spiro atoms. The monoisotopic (exact) mass is 396 g/mol. The fraction of sp³-hybridized carbons (Fsp3) is 0.200. The molecule has 0 bridgehead atoms. The Morgan fingerprint density at radius 1 is 1.03 bits per heavy atom. The van der Waals surface area contributed by atoms with Gasteiger partial charge in [-0.25, -0.2) is 14.7 Å². The number of hydrogen-bond acceptors (Lipinski definition) is 5. The van der Waals surface area contributed by atoms with Crippen molar-refractivity contribution in [1.29, 1.82) is 0 Å². The number of nitrogens with one attached hydrogen (secondary N) is 3. The van der Waals surface area contributed by atoms with Crippen LogP contribution in [0.15, 0.2) is 59.4 Å². The van der Waals surface area contributed by atoms with E-state index in [4.69, 9.17) is 5.11 Å². The predicted molar refractivity (Wildman–Crippen MR) is 104 cm³/mol. The number of amides is 1. The first kappa shape index (κ1) is 20.0. The molecule has 2 unspecified atom stereocenters. The minimum absolute atomic E-state index is 0.198. The summed E-state index contributed by atoms with van der Waals surface area (Å²) in [5, 5.41) is 27.0. The number of benzene rings is 2. The summed E-state index contributed by atoms with van der Waals surface area (Å²) >= 11 is 0. The van der Waals surface area contributed by atoms with E-state index in [-0.39, 0.29) is 12.2 Å². The van der Waals surface area contributed by atoms with Crippen LogP contribution in [0.5, 0.6) is 0 Å². The molecule has 2 atom stereocenters. The van der Waals surface area contributed by atoms with Crippen molar-refractivity contribution >= 4 is 11.9 Å². The molecule has 0 aliphatic carbocycles. The third kappa shape index (κ3) is 5.39. The quantitative estimate of drug-likeness (QED) is 0.383. The van der Waals surface area contributed by atoms with E-state index in [1.165, 1.54) is 0 Å². The normalized spacial score (nSPS) is 12.9. The standard InChI is InChI=1S/C20H20N4O5/c25-16(19(27)28)11-15(21-18(26)17-22-20(29)24-23-17)10-12-6-8-14(9-7-12)13-4-2-1-3-5-13/h1-9,15-16,25H,10-11H2,(H,21,26)(H,27,28)(H2,22,23,24,29). The van der Waals surface area contributed by atoms with Gasteiger partial charge in [0.1, 0.15) is 0 Å². The average molecular weight is 396 g/mol. The van der Waals surface area contributed by atoms with Gasteiger partial charge in [0.05, 0.1) is 0 Å². The molecule has 0 aliphatic rings. The van der Waals surface area contributed by atoms with Crippen LogP contribution in [0.3, 0.4) is 0 Å². The van der Waals surface area contributed by atoms with Crippen LogP contribution in [0.1, 0.15) is 22.6 Å². The average Bonchev–Trinajstić information content (AvgIpc) is 3.15. The second-order valence-corrected chi connectivity index (χ2v) is 6.55. The topological polar surface area (TPSA) is 148 Å². The lowest BCUT2D eigenvalue weighted by Gasteiger charge is -2.20. The van der Waals surface area contributed by atoms with Crippen molar-refractivity contribution in [3.8, 4) is 11.1 Å². The highest BCUT2D eigenvalue weighted by Crippen LogP contribution is 2.20. The van der Waals surface area contributed by atoms with Gasteiger partial charge in [-0.15, -0.1) is 5.10 Å². The fourth-order valence-corrected chi connectivity index (χ4v) is 2.94. The van der Waals surface area contributed by atoms with Crippen LogP contribution >= 0.6 is 0 Å². The Balaban J connectivity index is 1.74. The van der Waals surface area contributed by atoms with Crippen molar-refractivity contribution in [3.63, 3.8) is 0 Å². The minimum Gasteiger partial charge on any atom is -0.479 e. The number of aliphatic hydroxyl groups excluding tert-OH is 1. The number of H-pyrrole nitrogens is 2. The lowest BCUT2D eigenvalue weighted by molar-refractivity contribution is -0.147. The molecule has 1 amide bonds. The summed E-state index contributed by atoms with van der Waals surface area (Å²) in [7, 11) is 0. The second-order valence-electron chi connectivity index (χ2n) is 6.55. The number of aliphatic carboxylic acids is 1. The first-order valence-electron chi connectivity index (χ1n) is 8.93. The van der Waals surface area contributed by atoms with E-state index in [0.717, 1.165) is 16.7 Å². The van der Waals surface area contributed by atoms with Gasteiger partial charge in [-0.05, 0) is 23.1 Å². The summed E-state index contributed by atoms with van der Waals surface area (Å²) in [6.45, 7) is 0. The zero-order valence-corrected chi connectivity index (χ0v) is 15.3. The molecule has 1 heterocycles. The molecule has 1 aromatic heterocycles. The molecule has 0 saturated heterocycles. The second kappa shape index (κ2) is 8.98. The Kier molecular flexibility index (Phi) is 6.20. The van der Waals surface area contributed by atoms with Crippen molar-refractivity contribution in [2.24, 2.45) is 0 Å². The van der Waals surface area contributed by atoms with Gasteiger partial charge in [0, 0.05) is 12.5 Å². The highest BCUT2D eigenvalue weighted by Gasteiger charge is 2.23. The third-order valence-corrected chi connectivity index (χ3v) is 4.39. The zero-order chi connectivity index (χ0) is 20.8. The SMILES string of the molecule is O=C(NC(Cc1ccc(-c2ccccc2)cc1)CC(O)C(=O)O)c1n[nH]c(=O)[nH]1. The molecule has 0 aliphatic heterocycles. The smallest absolute Gasteiger partial charge is 0.341 e. The summed E-state index contributed by atoms with van der Waals surface area (Å²) in [6, 6.07) is 16.8. The summed E-state index contributed by atoms with van der Waals surface area (Å²) in [5.74, 6) is -2.27. The Morgan fingerprint density at radius 2 is 1.69 bits per heavy atom. The minimum atomic E-state index is -1.64. The van der Waals surface area contributed by atoms with Gasteiger partial charge >= 0.3 is 11.7 Å². The molecule has 0 fully saturated rings. The number of rotatable bonds is 8. The van der Waals surface area contributed by atoms with Crippen LogP contribution in [0, 0.1) is 0 Å². The molecule has 9 nitrogen and oxygen atoms in total. The molecule has 9 heteroatoms. The van der Waals surface area contributed by atoms with Crippen molar-refractivity contribution in [3.05, 3.63) is 76.5 Å². The molecule has 3 rings (SSSR count). The lowest BCUT2D eigenvalue weighted by Crippen LogP contribution is -2.41. The summed E-state index contributed by atoms with van der Waals surface area (Å²) in [5.41, 5.74) is 2.30. The van der Waals surface area contributed by atoms with Crippen LogP contribution in [0.4, 0.5) is 0 Å². The van der Waals surface area contributed by atoms with Crippen LogP contribution in [-0.4, -0.2) is 49.4 Å². The zero-order valence-electron chi connectivity index (χ0n) is 15.3. The maximum absolute atomic E-state index is 12.3. The maximum atomic E-state index is 12.3. The number of carbonyl (C=O) groups excluding carboxylic acids is 1. The maximum Gasteiger partial charge on any atom is 0.341 e. The van der Waals surface area contributed by atoms with E-state index in [2.05, 4.69) is 20.5 Å². The predicted octanol–water partition coefficient (Wildman–Crippen LogP) is 0.942. The number of hydrogen-bond donors (Lipinski definition) is 5. The molecule has 3 aromatic rings. The molecule has 29 heavy (non-hydrogen) atoms. The molecular formula is C20H20N4O5. The van der Waals surface area contributed by atoms with Crippen LogP contribution in [0.25, 0.3) is 11.1 Å². The molecule has 5 N–H and O–H groups in total. The number of carboxylic acid groups (broad SMARTS) is 1. The molecule has 0 radical (unpaired) electrons. The number of aliphatic hydroxyl groups is 1. The lowest BCUT2D eigenvalue weighted by atomic mass is 9.98. The first-order valence-corrected chi connectivity index (χ1v) is 8.93. The Bertz CT molecular complexity index is 1030. The van der Waals surface area contributed by atoms with Crippen molar-refractivity contribution in [2.45, 2.75) is 25.0 Å². The van der Waals surface area contributed by atoms with Crippen LogP contribution in [0.2, 0.25) is 0 Å². The number of aromatic nitrogens is 3. The highest BCUT2D eigenvalue weighted by atomic mass is 16.4. The third-order valence-electron chi connectivity index (χ3n) is 4.39. The number of nitrogens with zero attached hydrogens (tertiary/aromatic N) is 1. The molecule has 2 aromatic carbocycles. The van der Waals surface area contributed by atoms with Gasteiger partial charge in [0.25, 0.3) is 5.91 Å². The fourth-order valence-electron chi connectivity index (χ4n) is 2.94. The van der Waals surface area contributed by atoms with E-state index >= 15 is 0 Å². The van der Waals surface area contributed by atoms with Crippen molar-refractivity contribution in [2.75, 3.05) is 0 Å². The highest BCUT2D eigenvalue weighted by molar-refractivity contribution is 5.90. The van der Waals surface area contributed by atoms with E-state index in [1.807, 2.05) is 54.6 Å². The van der Waals surface area contributed by atoms with Gasteiger partial charge in [-0.1, -0.05) is 54.6 Å². The first-order chi connectivity index (χ1) is 13.9. The van der Waals surface area contributed by atoms with E-state index < -0.39 is 29.7 Å². The Morgan fingerprint density at radius 3 is 2.28 bits per heavy atom. The Labute approximate surface area is 165 Å². The summed E-state index contributed by atoms with van der Waals surface area (Å²) in [4.78, 5) is 36.6. The largest absolute Gasteiger partial charge is 0.479 e. The van der Waals surface area contributed by atoms with Gasteiger partial charge in [0.2, 0.25) is 5.82 Å². The number of carboxylic acids is 1.